The van der Waals surface area contributed by atoms with Crippen LogP contribution in [0.2, 0.25) is 0 Å². The number of carboxylic acid groups (broad SMARTS) is 1. The van der Waals surface area contributed by atoms with Crippen molar-refractivity contribution in [1.82, 2.24) is 10.6 Å². The van der Waals surface area contributed by atoms with Crippen LogP contribution in [0.3, 0.4) is 0 Å². The highest BCUT2D eigenvalue weighted by atomic mass is 16.3. The monoisotopic (exact) mass is 262 g/mol. The van der Waals surface area contributed by atoms with Crippen LogP contribution in [0, 0.1) is 0 Å². The van der Waals surface area contributed by atoms with Crippen LogP contribution >= 0.6 is 0 Å². The van der Waals surface area contributed by atoms with Crippen molar-refractivity contribution in [3.63, 3.8) is 0 Å². The van der Waals surface area contributed by atoms with Crippen molar-refractivity contribution >= 4 is 6.47 Å². The lowest BCUT2D eigenvalue weighted by molar-refractivity contribution is -0.122. The standard InChI is InChI=1S/C7H16N2.2C2H6.C2H4.CH2O2/c1-8-6-4-7-3-2-5-9-7;3*1-2;2-1-3/h7-9H,2-6H2,1H3;2*1-2H3;1-2H2;1H,(H,2,3). The Hall–Kier alpha value is -0.870. The van der Waals surface area contributed by atoms with E-state index >= 15 is 0 Å². The maximum absolute atomic E-state index is 8.36. The molecule has 4 nitrogen and oxygen atoms in total. The van der Waals surface area contributed by atoms with E-state index in [-0.39, 0.29) is 6.47 Å². The minimum atomic E-state index is -0.250. The van der Waals surface area contributed by atoms with Gasteiger partial charge < -0.3 is 15.7 Å². The van der Waals surface area contributed by atoms with Gasteiger partial charge in [0.25, 0.3) is 6.47 Å². The Bertz CT molecular complexity index is 116. The molecule has 0 radical (unpaired) electrons. The zero-order valence-corrected chi connectivity index (χ0v) is 13.0. The molecule has 0 amide bonds. The molecule has 112 valence electrons. The summed E-state index contributed by atoms with van der Waals surface area (Å²) < 4.78 is 0. The van der Waals surface area contributed by atoms with Crippen LogP contribution < -0.4 is 10.6 Å². The molecule has 1 aliphatic heterocycles. The topological polar surface area (TPSA) is 61.4 Å². The molecule has 0 spiro atoms. The third-order valence-corrected chi connectivity index (χ3v) is 1.91. The Morgan fingerprint density at radius 2 is 1.78 bits per heavy atom. The summed E-state index contributed by atoms with van der Waals surface area (Å²) in [5.74, 6) is 0. The van der Waals surface area contributed by atoms with Crippen molar-refractivity contribution in [2.45, 2.75) is 53.0 Å². The molecule has 0 aromatic heterocycles. The molecular weight excluding hydrogens is 228 g/mol. The van der Waals surface area contributed by atoms with E-state index in [9.17, 15) is 0 Å². The molecule has 1 atom stereocenters. The molecule has 18 heavy (non-hydrogen) atoms. The molecule has 1 rings (SSSR count). The third kappa shape index (κ3) is 29.4. The predicted molar refractivity (Wildman–Crippen MR) is 82.2 cm³/mol. The van der Waals surface area contributed by atoms with Crippen molar-refractivity contribution in [3.05, 3.63) is 13.2 Å². The maximum Gasteiger partial charge on any atom is 0.290 e. The Morgan fingerprint density at radius 1 is 1.33 bits per heavy atom. The number of hydrogen-bond acceptors (Lipinski definition) is 3. The molecule has 4 heteroatoms. The average molecular weight is 262 g/mol. The Labute approximate surface area is 114 Å². The molecule has 0 aliphatic carbocycles. The molecular formula is C14H34N2O2. The van der Waals surface area contributed by atoms with Gasteiger partial charge in [0.15, 0.2) is 0 Å². The van der Waals surface area contributed by atoms with Gasteiger partial charge in [-0.25, -0.2) is 0 Å². The fourth-order valence-electron chi connectivity index (χ4n) is 1.32. The summed E-state index contributed by atoms with van der Waals surface area (Å²) in [6.07, 6.45) is 4.03. The van der Waals surface area contributed by atoms with E-state index in [1.165, 1.54) is 25.8 Å². The lowest BCUT2D eigenvalue weighted by Crippen LogP contribution is -2.25. The highest BCUT2D eigenvalue weighted by Gasteiger charge is 2.11. The van der Waals surface area contributed by atoms with E-state index in [1.807, 2.05) is 34.7 Å². The molecule has 3 N–H and O–H groups in total. The summed E-state index contributed by atoms with van der Waals surface area (Å²) in [5.41, 5.74) is 0. The van der Waals surface area contributed by atoms with Gasteiger partial charge in [-0.15, -0.1) is 13.2 Å². The zero-order chi connectivity index (χ0) is 15.2. The number of carbonyl (C=O) groups is 1. The van der Waals surface area contributed by atoms with Crippen molar-refractivity contribution < 1.29 is 9.90 Å². The molecule has 1 unspecified atom stereocenters. The van der Waals surface area contributed by atoms with Gasteiger partial charge in [-0.3, -0.25) is 4.79 Å². The summed E-state index contributed by atoms with van der Waals surface area (Å²) in [6, 6.07) is 0.803. The van der Waals surface area contributed by atoms with Gasteiger partial charge in [0.2, 0.25) is 0 Å². The molecule has 0 bridgehead atoms. The second-order valence-electron chi connectivity index (χ2n) is 2.79. The van der Waals surface area contributed by atoms with Crippen LogP contribution in [0.5, 0.6) is 0 Å². The lowest BCUT2D eigenvalue weighted by Gasteiger charge is -2.07. The van der Waals surface area contributed by atoms with Crippen LogP contribution in [-0.2, 0) is 4.79 Å². The highest BCUT2D eigenvalue weighted by Crippen LogP contribution is 2.06. The van der Waals surface area contributed by atoms with E-state index in [0.29, 0.717) is 0 Å². The predicted octanol–water partition coefficient (Wildman–Crippen LogP) is 2.90. The van der Waals surface area contributed by atoms with Crippen molar-refractivity contribution in [3.8, 4) is 0 Å². The van der Waals surface area contributed by atoms with Gasteiger partial charge in [-0.2, -0.15) is 0 Å². The van der Waals surface area contributed by atoms with E-state index in [0.717, 1.165) is 12.6 Å². The molecule has 0 aromatic carbocycles. The minimum Gasteiger partial charge on any atom is -0.483 e. The van der Waals surface area contributed by atoms with Gasteiger partial charge in [0, 0.05) is 6.04 Å². The normalized spacial score (nSPS) is 15.1. The van der Waals surface area contributed by atoms with Gasteiger partial charge >= 0.3 is 0 Å². The third-order valence-electron chi connectivity index (χ3n) is 1.91. The summed E-state index contributed by atoms with van der Waals surface area (Å²) in [6.45, 7) is 16.1. The summed E-state index contributed by atoms with van der Waals surface area (Å²) >= 11 is 0. The van der Waals surface area contributed by atoms with Crippen molar-refractivity contribution in [2.24, 2.45) is 0 Å². The number of rotatable bonds is 3. The largest absolute Gasteiger partial charge is 0.483 e. The van der Waals surface area contributed by atoms with Gasteiger partial charge in [-0.1, -0.05) is 27.7 Å². The van der Waals surface area contributed by atoms with E-state index in [1.54, 1.807) is 0 Å². The second-order valence-corrected chi connectivity index (χ2v) is 2.79. The van der Waals surface area contributed by atoms with Crippen LogP contribution in [0.1, 0.15) is 47.0 Å². The SMILES string of the molecule is C=C.CC.CC.CNCCC1CCCN1.O=CO. The lowest BCUT2D eigenvalue weighted by atomic mass is 10.2. The summed E-state index contributed by atoms with van der Waals surface area (Å²) in [7, 11) is 2.01. The van der Waals surface area contributed by atoms with Crippen LogP contribution in [0.25, 0.3) is 0 Å². The molecule has 0 saturated carbocycles. The number of nitrogens with one attached hydrogen (secondary N) is 2. The quantitative estimate of drug-likeness (QED) is 0.540. The Kier molecular flexibility index (Phi) is 51.7. The first kappa shape index (κ1) is 25.9. The summed E-state index contributed by atoms with van der Waals surface area (Å²) in [4.78, 5) is 8.36. The fraction of sp³-hybridized carbons (Fsp3) is 0.786. The highest BCUT2D eigenvalue weighted by molar-refractivity contribution is 5.32. The van der Waals surface area contributed by atoms with Crippen molar-refractivity contribution in [2.75, 3.05) is 20.1 Å². The first-order valence-corrected chi connectivity index (χ1v) is 6.81. The Morgan fingerprint density at radius 3 is 2.06 bits per heavy atom. The molecule has 1 aliphatic rings. The van der Waals surface area contributed by atoms with E-state index in [4.69, 9.17) is 9.90 Å². The smallest absolute Gasteiger partial charge is 0.290 e. The number of hydrogen-bond donors (Lipinski definition) is 3. The first-order valence-electron chi connectivity index (χ1n) is 6.81. The zero-order valence-electron chi connectivity index (χ0n) is 13.0. The molecule has 1 heterocycles. The average Bonchev–Trinajstić information content (AvgIpc) is 2.97. The van der Waals surface area contributed by atoms with Gasteiger partial charge in [0.1, 0.15) is 0 Å². The van der Waals surface area contributed by atoms with Gasteiger partial charge in [0.05, 0.1) is 0 Å². The van der Waals surface area contributed by atoms with Crippen LogP contribution in [0.15, 0.2) is 13.2 Å². The van der Waals surface area contributed by atoms with Crippen LogP contribution in [0.4, 0.5) is 0 Å². The summed E-state index contributed by atoms with van der Waals surface area (Å²) in [5, 5.41) is 13.5. The first-order chi connectivity index (χ1) is 8.85. The van der Waals surface area contributed by atoms with Crippen molar-refractivity contribution in [1.29, 1.82) is 0 Å². The van der Waals surface area contributed by atoms with Crippen LogP contribution in [-0.4, -0.2) is 37.8 Å². The molecule has 0 aromatic rings. The minimum absolute atomic E-state index is 0.250. The van der Waals surface area contributed by atoms with Gasteiger partial charge in [-0.05, 0) is 39.4 Å². The van der Waals surface area contributed by atoms with E-state index in [2.05, 4.69) is 23.8 Å². The maximum atomic E-state index is 8.36. The second kappa shape index (κ2) is 36.0. The molecule has 1 saturated heterocycles. The van der Waals surface area contributed by atoms with E-state index < -0.39 is 0 Å². The fourth-order valence-corrected chi connectivity index (χ4v) is 1.32. The Balaban J connectivity index is -0.0000000925. The molecule has 1 fully saturated rings.